The number of aromatic nitrogens is 3. The molecule has 0 unspecified atom stereocenters. The SMILES string of the molecule is Cc1cc(C(=N)N)cc(Sc2nccc(C)n2)n1. The summed E-state index contributed by atoms with van der Waals surface area (Å²) >= 11 is 1.36. The molecule has 2 aromatic rings. The molecule has 3 N–H and O–H groups in total. The fourth-order valence-electron chi connectivity index (χ4n) is 1.41. The lowest BCUT2D eigenvalue weighted by Gasteiger charge is -2.04. The van der Waals surface area contributed by atoms with Crippen LogP contribution in [0.25, 0.3) is 0 Å². The predicted octanol–water partition coefficient (Wildman–Crippen LogP) is 1.92. The van der Waals surface area contributed by atoms with Crippen LogP contribution in [0.3, 0.4) is 0 Å². The van der Waals surface area contributed by atoms with Crippen LogP contribution in [0.2, 0.25) is 0 Å². The number of nitrogen functional groups attached to an aromatic ring is 1. The molecule has 2 heterocycles. The van der Waals surface area contributed by atoms with Crippen LogP contribution in [-0.4, -0.2) is 20.8 Å². The summed E-state index contributed by atoms with van der Waals surface area (Å²) in [5, 5.41) is 8.83. The van der Waals surface area contributed by atoms with Gasteiger partial charge in [0.2, 0.25) is 0 Å². The van der Waals surface area contributed by atoms with Crippen molar-refractivity contribution < 1.29 is 0 Å². The Kier molecular flexibility index (Phi) is 3.57. The number of hydrogen-bond acceptors (Lipinski definition) is 5. The molecule has 2 aromatic heterocycles. The third kappa shape index (κ3) is 3.04. The van der Waals surface area contributed by atoms with Crippen molar-refractivity contribution in [3.8, 4) is 0 Å². The first-order chi connectivity index (χ1) is 8.54. The Morgan fingerprint density at radius 3 is 2.67 bits per heavy atom. The molecule has 0 amide bonds. The van der Waals surface area contributed by atoms with Gasteiger partial charge in [0.1, 0.15) is 10.9 Å². The van der Waals surface area contributed by atoms with Crippen LogP contribution in [0.15, 0.2) is 34.6 Å². The second kappa shape index (κ2) is 5.14. The second-order valence-corrected chi connectivity index (χ2v) is 4.82. The van der Waals surface area contributed by atoms with Crippen molar-refractivity contribution in [1.29, 1.82) is 5.41 Å². The molecule has 0 aliphatic carbocycles. The average molecular weight is 259 g/mol. The molecule has 0 aromatic carbocycles. The summed E-state index contributed by atoms with van der Waals surface area (Å²) in [5.41, 5.74) is 7.88. The Morgan fingerprint density at radius 2 is 2.00 bits per heavy atom. The van der Waals surface area contributed by atoms with Gasteiger partial charge in [-0.2, -0.15) is 0 Å². The molecule has 0 aliphatic heterocycles. The smallest absolute Gasteiger partial charge is 0.194 e. The van der Waals surface area contributed by atoms with Gasteiger partial charge in [0.05, 0.1) is 0 Å². The van der Waals surface area contributed by atoms with E-state index in [2.05, 4.69) is 15.0 Å². The third-order valence-electron chi connectivity index (χ3n) is 2.21. The number of nitrogens with zero attached hydrogens (tertiary/aromatic N) is 3. The van der Waals surface area contributed by atoms with Crippen LogP contribution in [-0.2, 0) is 0 Å². The van der Waals surface area contributed by atoms with Gasteiger partial charge in [-0.1, -0.05) is 0 Å². The summed E-state index contributed by atoms with van der Waals surface area (Å²) in [7, 11) is 0. The van der Waals surface area contributed by atoms with Crippen molar-refractivity contribution in [3.05, 3.63) is 41.3 Å². The lowest BCUT2D eigenvalue weighted by atomic mass is 10.2. The van der Waals surface area contributed by atoms with E-state index in [-0.39, 0.29) is 5.84 Å². The van der Waals surface area contributed by atoms with Crippen molar-refractivity contribution in [2.24, 2.45) is 5.73 Å². The predicted molar refractivity (Wildman–Crippen MR) is 70.9 cm³/mol. The first-order valence-electron chi connectivity index (χ1n) is 5.35. The number of rotatable bonds is 3. The zero-order chi connectivity index (χ0) is 13.1. The van der Waals surface area contributed by atoms with Gasteiger partial charge < -0.3 is 5.73 Å². The summed E-state index contributed by atoms with van der Waals surface area (Å²) in [6.07, 6.45) is 1.71. The van der Waals surface area contributed by atoms with Crippen molar-refractivity contribution in [2.45, 2.75) is 24.0 Å². The van der Waals surface area contributed by atoms with E-state index in [0.29, 0.717) is 10.7 Å². The minimum atomic E-state index is 0.0347. The Labute approximate surface area is 109 Å². The van der Waals surface area contributed by atoms with Gasteiger partial charge in [-0.3, -0.25) is 5.41 Å². The lowest BCUT2D eigenvalue weighted by molar-refractivity contribution is 0.925. The van der Waals surface area contributed by atoms with Gasteiger partial charge in [-0.25, -0.2) is 15.0 Å². The van der Waals surface area contributed by atoms with Gasteiger partial charge in [0.25, 0.3) is 0 Å². The fraction of sp³-hybridized carbons (Fsp3) is 0.167. The monoisotopic (exact) mass is 259 g/mol. The Bertz CT molecular complexity index is 597. The molecule has 0 spiro atoms. The Balaban J connectivity index is 2.31. The highest BCUT2D eigenvalue weighted by Crippen LogP contribution is 2.23. The van der Waals surface area contributed by atoms with Crippen LogP contribution in [0.4, 0.5) is 0 Å². The van der Waals surface area contributed by atoms with Crippen LogP contribution >= 0.6 is 11.8 Å². The minimum absolute atomic E-state index is 0.0347. The Morgan fingerprint density at radius 1 is 1.22 bits per heavy atom. The summed E-state index contributed by atoms with van der Waals surface area (Å²) in [6.45, 7) is 3.78. The fourth-order valence-corrected chi connectivity index (χ4v) is 2.28. The standard InChI is InChI=1S/C12H13N5S/c1-7-3-4-15-12(17-7)18-10-6-9(11(13)14)5-8(2)16-10/h3-6H,1-2H3,(H3,13,14). The molecule has 0 fully saturated rings. The van der Waals surface area contributed by atoms with E-state index in [1.807, 2.05) is 19.9 Å². The molecule has 0 saturated carbocycles. The first kappa shape index (κ1) is 12.5. The molecule has 92 valence electrons. The molecule has 0 atom stereocenters. The number of nitrogens with two attached hydrogens (primary N) is 1. The second-order valence-electron chi connectivity index (χ2n) is 3.83. The highest BCUT2D eigenvalue weighted by atomic mass is 32.2. The largest absolute Gasteiger partial charge is 0.384 e. The molecule has 6 heteroatoms. The number of amidine groups is 1. The lowest BCUT2D eigenvalue weighted by Crippen LogP contribution is -2.11. The summed E-state index contributed by atoms with van der Waals surface area (Å²) in [6, 6.07) is 5.39. The summed E-state index contributed by atoms with van der Waals surface area (Å²) in [4.78, 5) is 12.8. The topological polar surface area (TPSA) is 88.5 Å². The molecule has 0 bridgehead atoms. The van der Waals surface area contributed by atoms with Crippen molar-refractivity contribution in [1.82, 2.24) is 15.0 Å². The van der Waals surface area contributed by atoms with E-state index in [1.165, 1.54) is 11.8 Å². The van der Waals surface area contributed by atoms with Crippen molar-refractivity contribution in [2.75, 3.05) is 0 Å². The Hall–Kier alpha value is -1.95. The highest BCUT2D eigenvalue weighted by molar-refractivity contribution is 7.99. The zero-order valence-electron chi connectivity index (χ0n) is 10.1. The van der Waals surface area contributed by atoms with E-state index >= 15 is 0 Å². The number of aryl methyl sites for hydroxylation is 2. The summed E-state index contributed by atoms with van der Waals surface area (Å²) in [5.74, 6) is 0.0347. The quantitative estimate of drug-likeness (QED) is 0.499. The van der Waals surface area contributed by atoms with Gasteiger partial charge >= 0.3 is 0 Å². The molecular formula is C12H13N5S. The van der Waals surface area contributed by atoms with E-state index in [0.717, 1.165) is 16.4 Å². The van der Waals surface area contributed by atoms with Gasteiger partial charge in [0, 0.05) is 23.1 Å². The number of nitrogens with one attached hydrogen (secondary N) is 1. The molecule has 18 heavy (non-hydrogen) atoms. The van der Waals surface area contributed by atoms with Gasteiger partial charge in [0.15, 0.2) is 5.16 Å². The molecular weight excluding hydrogens is 246 g/mol. The van der Waals surface area contributed by atoms with E-state index in [4.69, 9.17) is 11.1 Å². The van der Waals surface area contributed by atoms with Crippen LogP contribution < -0.4 is 5.73 Å². The van der Waals surface area contributed by atoms with Crippen LogP contribution in [0.5, 0.6) is 0 Å². The third-order valence-corrected chi connectivity index (χ3v) is 3.01. The van der Waals surface area contributed by atoms with E-state index in [9.17, 15) is 0 Å². The molecule has 2 rings (SSSR count). The van der Waals surface area contributed by atoms with Crippen molar-refractivity contribution in [3.63, 3.8) is 0 Å². The maximum Gasteiger partial charge on any atom is 0.194 e. The molecule has 0 aliphatic rings. The maximum atomic E-state index is 7.45. The van der Waals surface area contributed by atoms with Crippen LogP contribution in [0.1, 0.15) is 17.0 Å². The van der Waals surface area contributed by atoms with Crippen molar-refractivity contribution >= 4 is 17.6 Å². The molecule has 0 saturated heterocycles. The normalized spacial score (nSPS) is 10.3. The highest BCUT2D eigenvalue weighted by Gasteiger charge is 2.06. The minimum Gasteiger partial charge on any atom is -0.384 e. The van der Waals surface area contributed by atoms with Gasteiger partial charge in [-0.15, -0.1) is 0 Å². The molecule has 0 radical (unpaired) electrons. The van der Waals surface area contributed by atoms with Crippen LogP contribution in [0, 0.1) is 19.3 Å². The zero-order valence-corrected chi connectivity index (χ0v) is 11.0. The summed E-state index contributed by atoms with van der Waals surface area (Å²) < 4.78 is 0. The van der Waals surface area contributed by atoms with E-state index < -0.39 is 0 Å². The molecule has 5 nitrogen and oxygen atoms in total. The average Bonchev–Trinajstić information content (AvgIpc) is 2.28. The first-order valence-corrected chi connectivity index (χ1v) is 6.17. The van der Waals surface area contributed by atoms with Gasteiger partial charge in [-0.05, 0) is 43.8 Å². The number of pyridine rings is 1. The maximum absolute atomic E-state index is 7.45. The van der Waals surface area contributed by atoms with E-state index in [1.54, 1.807) is 18.3 Å². The number of hydrogen-bond donors (Lipinski definition) is 2.